The lowest BCUT2D eigenvalue weighted by molar-refractivity contribution is 0.120. The van der Waals surface area contributed by atoms with Crippen LogP contribution in [0.3, 0.4) is 0 Å². The summed E-state index contributed by atoms with van der Waals surface area (Å²) >= 11 is 0. The Morgan fingerprint density at radius 1 is 1.42 bits per heavy atom. The Morgan fingerprint density at radius 3 is 2.79 bits per heavy atom. The van der Waals surface area contributed by atoms with Crippen molar-refractivity contribution in [3.8, 4) is 0 Å². The molecule has 5 heteroatoms. The molecule has 108 valence electrons. The van der Waals surface area contributed by atoms with Crippen LogP contribution in [-0.4, -0.2) is 42.3 Å². The van der Waals surface area contributed by atoms with Crippen molar-refractivity contribution in [1.82, 2.24) is 9.47 Å². The summed E-state index contributed by atoms with van der Waals surface area (Å²) < 4.78 is 6.80. The lowest BCUT2D eigenvalue weighted by atomic mass is 10.2. The van der Waals surface area contributed by atoms with Crippen LogP contribution in [0.4, 0.5) is 5.69 Å². The highest BCUT2D eigenvalue weighted by atomic mass is 16.5. The molecule has 0 aliphatic heterocycles. The molecule has 5 nitrogen and oxygen atoms in total. The van der Waals surface area contributed by atoms with Gasteiger partial charge in [0.25, 0.3) is 5.56 Å². The first kappa shape index (κ1) is 15.7. The zero-order valence-corrected chi connectivity index (χ0v) is 12.1. The minimum atomic E-state index is -0.00922. The molecule has 2 N–H and O–H groups in total. The molecule has 0 aliphatic rings. The smallest absolute Gasteiger partial charge is 0.250 e. The number of nitrogen functional groups attached to an aromatic ring is 1. The minimum Gasteiger partial charge on any atom is -0.398 e. The molecule has 0 aromatic carbocycles. The molecule has 0 spiro atoms. The fourth-order valence-electron chi connectivity index (χ4n) is 1.98. The number of aromatic nitrogens is 1. The summed E-state index contributed by atoms with van der Waals surface area (Å²) in [4.78, 5) is 14.0. The standard InChI is InChI=1S/C14H25N3O2/c1-4-12(2)16(9-10-19-3)7-8-17-11-13(15)5-6-14(17)18/h5-6,11-12H,4,7-10,15H2,1-3H3. The summed E-state index contributed by atoms with van der Waals surface area (Å²) in [6.07, 6.45) is 2.78. The maximum atomic E-state index is 11.7. The van der Waals surface area contributed by atoms with E-state index in [0.29, 0.717) is 24.9 Å². The molecular formula is C14H25N3O2. The molecule has 0 amide bonds. The van der Waals surface area contributed by atoms with E-state index in [0.717, 1.165) is 19.5 Å². The van der Waals surface area contributed by atoms with Gasteiger partial charge in [0.15, 0.2) is 0 Å². The van der Waals surface area contributed by atoms with Gasteiger partial charge in [0.2, 0.25) is 0 Å². The van der Waals surface area contributed by atoms with Gasteiger partial charge in [-0.05, 0) is 19.4 Å². The van der Waals surface area contributed by atoms with Gasteiger partial charge >= 0.3 is 0 Å². The zero-order chi connectivity index (χ0) is 14.3. The number of rotatable bonds is 8. The lowest BCUT2D eigenvalue weighted by Gasteiger charge is -2.28. The van der Waals surface area contributed by atoms with Crippen molar-refractivity contribution in [3.63, 3.8) is 0 Å². The van der Waals surface area contributed by atoms with Crippen LogP contribution in [0.25, 0.3) is 0 Å². The summed E-state index contributed by atoms with van der Waals surface area (Å²) in [5, 5.41) is 0. The molecule has 0 fully saturated rings. The molecule has 1 heterocycles. The lowest BCUT2D eigenvalue weighted by Crippen LogP contribution is -2.38. The number of anilines is 1. The molecule has 0 radical (unpaired) electrons. The van der Waals surface area contributed by atoms with Crippen LogP contribution in [0.15, 0.2) is 23.1 Å². The third kappa shape index (κ3) is 5.04. The Labute approximate surface area is 115 Å². The van der Waals surface area contributed by atoms with E-state index in [2.05, 4.69) is 18.7 Å². The molecule has 1 atom stereocenters. The van der Waals surface area contributed by atoms with E-state index in [1.54, 1.807) is 23.9 Å². The normalized spacial score (nSPS) is 12.8. The number of hydrogen-bond acceptors (Lipinski definition) is 4. The van der Waals surface area contributed by atoms with Crippen molar-refractivity contribution in [2.75, 3.05) is 32.5 Å². The van der Waals surface area contributed by atoms with Gasteiger partial charge in [-0.1, -0.05) is 6.92 Å². The molecule has 0 aliphatic carbocycles. The topological polar surface area (TPSA) is 60.5 Å². The maximum absolute atomic E-state index is 11.7. The molecule has 1 unspecified atom stereocenters. The molecule has 0 saturated carbocycles. The average Bonchev–Trinajstić information content (AvgIpc) is 2.41. The largest absolute Gasteiger partial charge is 0.398 e. The molecular weight excluding hydrogens is 242 g/mol. The van der Waals surface area contributed by atoms with E-state index in [-0.39, 0.29) is 5.56 Å². The van der Waals surface area contributed by atoms with Gasteiger partial charge in [0, 0.05) is 50.7 Å². The van der Waals surface area contributed by atoms with E-state index < -0.39 is 0 Å². The van der Waals surface area contributed by atoms with Gasteiger partial charge in [0.1, 0.15) is 0 Å². The summed E-state index contributed by atoms with van der Waals surface area (Å²) in [7, 11) is 1.71. The van der Waals surface area contributed by atoms with Crippen molar-refractivity contribution in [2.24, 2.45) is 0 Å². The van der Waals surface area contributed by atoms with Crippen molar-refractivity contribution in [1.29, 1.82) is 0 Å². The Bertz CT molecular complexity index is 431. The quantitative estimate of drug-likeness (QED) is 0.768. The number of ether oxygens (including phenoxy) is 1. The van der Waals surface area contributed by atoms with Crippen molar-refractivity contribution < 1.29 is 4.74 Å². The van der Waals surface area contributed by atoms with Gasteiger partial charge in [-0.3, -0.25) is 9.69 Å². The number of nitrogens with zero attached hydrogens (tertiary/aromatic N) is 2. The second-order valence-corrected chi connectivity index (χ2v) is 4.78. The van der Waals surface area contributed by atoms with Crippen LogP contribution >= 0.6 is 0 Å². The predicted octanol–water partition coefficient (Wildman–Crippen LogP) is 1.18. The van der Waals surface area contributed by atoms with Gasteiger partial charge in [0.05, 0.1) is 6.61 Å². The third-order valence-corrected chi connectivity index (χ3v) is 3.43. The van der Waals surface area contributed by atoms with Crippen LogP contribution in [0.2, 0.25) is 0 Å². The fraction of sp³-hybridized carbons (Fsp3) is 0.643. The third-order valence-electron chi connectivity index (χ3n) is 3.43. The Balaban J connectivity index is 2.64. The van der Waals surface area contributed by atoms with E-state index in [9.17, 15) is 4.79 Å². The van der Waals surface area contributed by atoms with Crippen LogP contribution < -0.4 is 11.3 Å². The van der Waals surface area contributed by atoms with E-state index in [1.165, 1.54) is 6.07 Å². The summed E-state index contributed by atoms with van der Waals surface area (Å²) in [5.41, 5.74) is 6.31. The number of methoxy groups -OCH3 is 1. The van der Waals surface area contributed by atoms with Gasteiger partial charge in [-0.25, -0.2) is 0 Å². The second-order valence-electron chi connectivity index (χ2n) is 4.78. The van der Waals surface area contributed by atoms with Gasteiger partial charge < -0.3 is 15.0 Å². The monoisotopic (exact) mass is 267 g/mol. The SMILES string of the molecule is CCC(C)N(CCOC)CCn1cc(N)ccc1=O. The first-order chi connectivity index (χ1) is 9.08. The fourth-order valence-corrected chi connectivity index (χ4v) is 1.98. The molecule has 1 rings (SSSR count). The molecule has 0 bridgehead atoms. The summed E-state index contributed by atoms with van der Waals surface area (Å²) in [6.45, 7) is 7.41. The number of pyridine rings is 1. The van der Waals surface area contributed by atoms with Crippen LogP contribution in [-0.2, 0) is 11.3 Å². The van der Waals surface area contributed by atoms with Gasteiger partial charge in [-0.2, -0.15) is 0 Å². The first-order valence-corrected chi connectivity index (χ1v) is 6.77. The van der Waals surface area contributed by atoms with E-state index >= 15 is 0 Å². The summed E-state index contributed by atoms with van der Waals surface area (Å²) in [5.74, 6) is 0. The number of nitrogens with two attached hydrogens (primary N) is 1. The Hall–Kier alpha value is -1.33. The Kier molecular flexibility index (Phi) is 6.59. The first-order valence-electron chi connectivity index (χ1n) is 6.77. The van der Waals surface area contributed by atoms with Crippen molar-refractivity contribution >= 4 is 5.69 Å². The maximum Gasteiger partial charge on any atom is 0.250 e. The highest BCUT2D eigenvalue weighted by Crippen LogP contribution is 2.04. The van der Waals surface area contributed by atoms with Crippen LogP contribution in [0, 0.1) is 0 Å². The highest BCUT2D eigenvalue weighted by Gasteiger charge is 2.11. The molecule has 0 saturated heterocycles. The van der Waals surface area contributed by atoms with Gasteiger partial charge in [-0.15, -0.1) is 0 Å². The number of hydrogen-bond donors (Lipinski definition) is 1. The van der Waals surface area contributed by atoms with Crippen molar-refractivity contribution in [2.45, 2.75) is 32.9 Å². The zero-order valence-electron chi connectivity index (χ0n) is 12.1. The molecule has 1 aromatic rings. The predicted molar refractivity (Wildman–Crippen MR) is 78.3 cm³/mol. The van der Waals surface area contributed by atoms with Crippen LogP contribution in [0.5, 0.6) is 0 Å². The average molecular weight is 267 g/mol. The molecule has 19 heavy (non-hydrogen) atoms. The van der Waals surface area contributed by atoms with Crippen molar-refractivity contribution in [3.05, 3.63) is 28.7 Å². The second kappa shape index (κ2) is 7.96. The minimum absolute atomic E-state index is 0.00922. The highest BCUT2D eigenvalue weighted by molar-refractivity contribution is 5.33. The van der Waals surface area contributed by atoms with E-state index in [4.69, 9.17) is 10.5 Å². The van der Waals surface area contributed by atoms with E-state index in [1.807, 2.05) is 0 Å². The summed E-state index contributed by atoms with van der Waals surface area (Å²) in [6, 6.07) is 3.63. The molecule has 1 aromatic heterocycles. The van der Waals surface area contributed by atoms with Crippen LogP contribution in [0.1, 0.15) is 20.3 Å². The Morgan fingerprint density at radius 2 is 2.16 bits per heavy atom.